The standard InChI is InChI=1S/C27H33ClN4O3/c1-2-17-34-24-14-6-3-9-20(24)10-7-15-29-27(33)21-11-8-16-32(18-21)19-25-30-26(31-35-25)22-12-4-5-13-23(22)28/h3-6,9,12-14,21H,2,7-8,10-11,15-19H2,1H3,(H,29,33). The number of para-hydroxylation sites is 1. The van der Waals surface area contributed by atoms with Gasteiger partial charge in [-0.25, -0.2) is 0 Å². The second kappa shape index (κ2) is 12.7. The van der Waals surface area contributed by atoms with E-state index in [0.717, 1.165) is 56.6 Å². The molecule has 4 rings (SSSR count). The molecule has 1 fully saturated rings. The molecule has 0 spiro atoms. The molecular formula is C27H33ClN4O3. The van der Waals surface area contributed by atoms with E-state index in [1.165, 1.54) is 5.56 Å². The van der Waals surface area contributed by atoms with Crippen molar-refractivity contribution in [3.05, 3.63) is 65.0 Å². The summed E-state index contributed by atoms with van der Waals surface area (Å²) in [5.74, 6) is 2.05. The number of carbonyl (C=O) groups is 1. The minimum Gasteiger partial charge on any atom is -0.493 e. The van der Waals surface area contributed by atoms with Crippen molar-refractivity contribution in [2.75, 3.05) is 26.2 Å². The summed E-state index contributed by atoms with van der Waals surface area (Å²) in [4.78, 5) is 19.5. The van der Waals surface area contributed by atoms with Crippen LogP contribution in [0.2, 0.25) is 5.02 Å². The molecule has 1 atom stereocenters. The second-order valence-electron chi connectivity index (χ2n) is 8.92. The van der Waals surface area contributed by atoms with E-state index in [0.29, 0.717) is 36.4 Å². The van der Waals surface area contributed by atoms with Crippen molar-refractivity contribution in [1.29, 1.82) is 0 Å². The average Bonchev–Trinajstić information content (AvgIpc) is 3.34. The molecule has 35 heavy (non-hydrogen) atoms. The highest BCUT2D eigenvalue weighted by molar-refractivity contribution is 6.33. The highest BCUT2D eigenvalue weighted by atomic mass is 35.5. The van der Waals surface area contributed by atoms with Crippen LogP contribution in [0.5, 0.6) is 5.75 Å². The zero-order chi connectivity index (χ0) is 24.5. The molecule has 1 aliphatic heterocycles. The predicted octanol–water partition coefficient (Wildman–Crippen LogP) is 5.14. The number of halogens is 1. The van der Waals surface area contributed by atoms with Crippen LogP contribution in [-0.2, 0) is 17.8 Å². The Morgan fingerprint density at radius 1 is 1.23 bits per heavy atom. The Morgan fingerprint density at radius 2 is 2.06 bits per heavy atom. The van der Waals surface area contributed by atoms with Crippen molar-refractivity contribution in [3.63, 3.8) is 0 Å². The maximum Gasteiger partial charge on any atom is 0.241 e. The van der Waals surface area contributed by atoms with Gasteiger partial charge in [-0.2, -0.15) is 4.98 Å². The van der Waals surface area contributed by atoms with E-state index in [9.17, 15) is 4.79 Å². The second-order valence-corrected chi connectivity index (χ2v) is 9.32. The van der Waals surface area contributed by atoms with Crippen LogP contribution in [0.25, 0.3) is 11.4 Å². The summed E-state index contributed by atoms with van der Waals surface area (Å²) in [6, 6.07) is 15.6. The third kappa shape index (κ3) is 7.05. The number of benzene rings is 2. The number of likely N-dealkylation sites (tertiary alicyclic amines) is 1. The van der Waals surface area contributed by atoms with Crippen LogP contribution in [-0.4, -0.2) is 47.2 Å². The van der Waals surface area contributed by atoms with Gasteiger partial charge in [0.15, 0.2) is 0 Å². The fourth-order valence-electron chi connectivity index (χ4n) is 4.37. The van der Waals surface area contributed by atoms with Crippen molar-refractivity contribution in [1.82, 2.24) is 20.4 Å². The summed E-state index contributed by atoms with van der Waals surface area (Å²) in [5, 5.41) is 7.80. The lowest BCUT2D eigenvalue weighted by Gasteiger charge is -2.30. The smallest absolute Gasteiger partial charge is 0.241 e. The monoisotopic (exact) mass is 496 g/mol. The zero-order valence-corrected chi connectivity index (χ0v) is 21.0. The molecule has 1 amide bonds. The predicted molar refractivity (Wildman–Crippen MR) is 136 cm³/mol. The van der Waals surface area contributed by atoms with E-state index >= 15 is 0 Å². The SMILES string of the molecule is CCCOc1ccccc1CCCNC(=O)C1CCCN(Cc2nc(-c3ccccc3Cl)no2)C1. The fraction of sp³-hybridized carbons (Fsp3) is 0.444. The Morgan fingerprint density at radius 3 is 2.91 bits per heavy atom. The Balaban J connectivity index is 1.23. The molecule has 1 N–H and O–H groups in total. The van der Waals surface area contributed by atoms with Crippen molar-refractivity contribution in [2.24, 2.45) is 5.92 Å². The minimum atomic E-state index is -0.0325. The van der Waals surface area contributed by atoms with Gasteiger partial charge in [-0.3, -0.25) is 9.69 Å². The van der Waals surface area contributed by atoms with Crippen molar-refractivity contribution in [3.8, 4) is 17.1 Å². The normalized spacial score (nSPS) is 16.2. The summed E-state index contributed by atoms with van der Waals surface area (Å²) >= 11 is 6.25. The highest BCUT2D eigenvalue weighted by Gasteiger charge is 2.27. The summed E-state index contributed by atoms with van der Waals surface area (Å²) in [6.45, 7) is 5.59. The first-order chi connectivity index (χ1) is 17.1. The van der Waals surface area contributed by atoms with Crippen LogP contribution in [0.15, 0.2) is 53.1 Å². The number of amides is 1. The first-order valence-corrected chi connectivity index (χ1v) is 12.8. The van der Waals surface area contributed by atoms with Crippen molar-refractivity contribution < 1.29 is 14.1 Å². The zero-order valence-electron chi connectivity index (χ0n) is 20.2. The van der Waals surface area contributed by atoms with Crippen molar-refractivity contribution >= 4 is 17.5 Å². The van der Waals surface area contributed by atoms with Crippen molar-refractivity contribution in [2.45, 2.75) is 45.6 Å². The molecule has 8 heteroatoms. The highest BCUT2D eigenvalue weighted by Crippen LogP contribution is 2.26. The molecule has 0 bridgehead atoms. The Bertz CT molecular complexity index is 1100. The average molecular weight is 497 g/mol. The van der Waals surface area contributed by atoms with Gasteiger partial charge >= 0.3 is 0 Å². The maximum atomic E-state index is 12.8. The number of aromatic nitrogens is 2. The first kappa shape index (κ1) is 25.2. The molecule has 2 heterocycles. The van der Waals surface area contributed by atoms with Crippen LogP contribution in [0.3, 0.4) is 0 Å². The molecule has 0 radical (unpaired) electrons. The summed E-state index contributed by atoms with van der Waals surface area (Å²) in [5.41, 5.74) is 1.94. The lowest BCUT2D eigenvalue weighted by atomic mass is 9.97. The van der Waals surface area contributed by atoms with E-state index in [1.54, 1.807) is 6.07 Å². The van der Waals surface area contributed by atoms with Crippen LogP contribution in [0.1, 0.15) is 44.1 Å². The van der Waals surface area contributed by atoms with Gasteiger partial charge in [0.1, 0.15) is 5.75 Å². The lowest BCUT2D eigenvalue weighted by Crippen LogP contribution is -2.43. The molecule has 1 unspecified atom stereocenters. The first-order valence-electron chi connectivity index (χ1n) is 12.4. The maximum absolute atomic E-state index is 12.8. The molecule has 1 saturated heterocycles. The lowest BCUT2D eigenvalue weighted by molar-refractivity contribution is -0.126. The van der Waals surface area contributed by atoms with Gasteiger partial charge in [0.2, 0.25) is 17.6 Å². The topological polar surface area (TPSA) is 80.5 Å². The fourth-order valence-corrected chi connectivity index (χ4v) is 4.59. The third-order valence-electron chi connectivity index (χ3n) is 6.17. The summed E-state index contributed by atoms with van der Waals surface area (Å²) in [6.07, 6.45) is 4.59. The van der Waals surface area contributed by atoms with E-state index in [4.69, 9.17) is 20.9 Å². The summed E-state index contributed by atoms with van der Waals surface area (Å²) < 4.78 is 11.3. The van der Waals surface area contributed by atoms with Gasteiger partial charge in [-0.15, -0.1) is 0 Å². The number of ether oxygens (including phenoxy) is 1. The van der Waals surface area contributed by atoms with Crippen LogP contribution < -0.4 is 10.1 Å². The van der Waals surface area contributed by atoms with E-state index < -0.39 is 0 Å². The number of rotatable bonds is 11. The van der Waals surface area contributed by atoms with Gasteiger partial charge in [0, 0.05) is 18.7 Å². The molecule has 2 aromatic carbocycles. The Kier molecular flexibility index (Phi) is 9.15. The van der Waals surface area contributed by atoms with Gasteiger partial charge in [0.25, 0.3) is 0 Å². The van der Waals surface area contributed by atoms with Crippen LogP contribution in [0, 0.1) is 5.92 Å². The van der Waals surface area contributed by atoms with E-state index in [-0.39, 0.29) is 11.8 Å². The van der Waals surface area contributed by atoms with Gasteiger partial charge in [-0.1, -0.05) is 54.0 Å². The molecule has 1 aromatic heterocycles. The van der Waals surface area contributed by atoms with Crippen LogP contribution >= 0.6 is 11.6 Å². The molecule has 7 nitrogen and oxygen atoms in total. The Labute approximate surface area is 211 Å². The number of nitrogens with zero attached hydrogens (tertiary/aromatic N) is 3. The molecule has 0 saturated carbocycles. The number of nitrogens with one attached hydrogen (secondary N) is 1. The van der Waals surface area contributed by atoms with Gasteiger partial charge in [-0.05, 0) is 62.4 Å². The van der Waals surface area contributed by atoms with Crippen LogP contribution in [0.4, 0.5) is 0 Å². The summed E-state index contributed by atoms with van der Waals surface area (Å²) in [7, 11) is 0. The molecule has 186 valence electrons. The Hall–Kier alpha value is -2.90. The number of piperidine rings is 1. The van der Waals surface area contributed by atoms with E-state index in [2.05, 4.69) is 33.3 Å². The van der Waals surface area contributed by atoms with Gasteiger partial charge in [0.05, 0.1) is 24.1 Å². The molecule has 3 aromatic rings. The molecular weight excluding hydrogens is 464 g/mol. The quantitative estimate of drug-likeness (QED) is 0.370. The number of hydrogen-bond donors (Lipinski definition) is 1. The minimum absolute atomic E-state index is 0.0325. The van der Waals surface area contributed by atoms with Gasteiger partial charge < -0.3 is 14.6 Å². The largest absolute Gasteiger partial charge is 0.493 e. The number of carbonyl (C=O) groups excluding carboxylic acids is 1. The molecule has 0 aliphatic carbocycles. The third-order valence-corrected chi connectivity index (χ3v) is 6.50. The van der Waals surface area contributed by atoms with E-state index in [1.807, 2.05) is 36.4 Å². The number of hydrogen-bond acceptors (Lipinski definition) is 6. The molecule has 1 aliphatic rings. The number of aryl methyl sites for hydroxylation is 1.